The van der Waals surface area contributed by atoms with Gasteiger partial charge in [-0.25, -0.2) is 8.42 Å². The van der Waals surface area contributed by atoms with E-state index in [-0.39, 0.29) is 11.8 Å². The van der Waals surface area contributed by atoms with Crippen molar-refractivity contribution < 1.29 is 13.2 Å². The van der Waals surface area contributed by atoms with Crippen LogP contribution in [0.5, 0.6) is 0 Å². The fraction of sp³-hybridized carbons (Fsp3) is 0.571. The molecule has 1 amide bonds. The molecule has 7 heteroatoms. The SMILES string of the molecule is CS(=O)(=O)N1CCC[C@@H]1C(=O)N1CC(c2ccccn2)C1. The van der Waals surface area contributed by atoms with E-state index in [0.717, 1.165) is 12.1 Å². The molecule has 1 aromatic rings. The average molecular weight is 309 g/mol. The molecule has 0 aliphatic carbocycles. The molecule has 3 heterocycles. The number of carbonyl (C=O) groups is 1. The lowest BCUT2D eigenvalue weighted by molar-refractivity contribution is -0.139. The Kier molecular flexibility index (Phi) is 3.71. The Labute approximate surface area is 124 Å². The molecule has 2 aliphatic rings. The Morgan fingerprint density at radius 1 is 1.33 bits per heavy atom. The quantitative estimate of drug-likeness (QED) is 0.812. The van der Waals surface area contributed by atoms with Crippen LogP contribution in [0.15, 0.2) is 24.4 Å². The summed E-state index contributed by atoms with van der Waals surface area (Å²) in [6.45, 7) is 1.71. The summed E-state index contributed by atoms with van der Waals surface area (Å²) in [7, 11) is -3.31. The van der Waals surface area contributed by atoms with E-state index in [9.17, 15) is 13.2 Å². The van der Waals surface area contributed by atoms with Gasteiger partial charge in [-0.2, -0.15) is 4.31 Å². The summed E-state index contributed by atoms with van der Waals surface area (Å²) in [4.78, 5) is 18.5. The van der Waals surface area contributed by atoms with Gasteiger partial charge in [-0.3, -0.25) is 9.78 Å². The third-order valence-corrected chi connectivity index (χ3v) is 5.50. The number of sulfonamides is 1. The van der Waals surface area contributed by atoms with Crippen molar-refractivity contribution >= 4 is 15.9 Å². The second kappa shape index (κ2) is 5.38. The van der Waals surface area contributed by atoms with E-state index in [4.69, 9.17) is 0 Å². The highest BCUT2D eigenvalue weighted by Gasteiger charge is 2.42. The standard InChI is InChI=1S/C14H19N3O3S/c1-21(19,20)17-8-4-6-13(17)14(18)16-9-11(10-16)12-5-2-3-7-15-12/h2-3,5,7,11,13H,4,6,8-10H2,1H3/t13-/m1/s1. The van der Waals surface area contributed by atoms with Crippen LogP contribution >= 0.6 is 0 Å². The van der Waals surface area contributed by atoms with Crippen molar-refractivity contribution in [3.05, 3.63) is 30.1 Å². The highest BCUT2D eigenvalue weighted by Crippen LogP contribution is 2.29. The third-order valence-electron chi connectivity index (χ3n) is 4.21. The van der Waals surface area contributed by atoms with Crippen LogP contribution in [0.4, 0.5) is 0 Å². The molecule has 2 aliphatic heterocycles. The molecule has 0 radical (unpaired) electrons. The Morgan fingerprint density at radius 3 is 2.71 bits per heavy atom. The van der Waals surface area contributed by atoms with E-state index >= 15 is 0 Å². The topological polar surface area (TPSA) is 70.6 Å². The zero-order valence-electron chi connectivity index (χ0n) is 12.0. The van der Waals surface area contributed by atoms with E-state index in [2.05, 4.69) is 4.98 Å². The Bertz CT molecular complexity index is 626. The van der Waals surface area contributed by atoms with Crippen LogP contribution in [0.1, 0.15) is 24.5 Å². The van der Waals surface area contributed by atoms with Crippen molar-refractivity contribution in [3.63, 3.8) is 0 Å². The number of amides is 1. The van der Waals surface area contributed by atoms with Crippen LogP contribution in [0.25, 0.3) is 0 Å². The Hall–Kier alpha value is -1.47. The fourth-order valence-electron chi connectivity index (χ4n) is 3.06. The zero-order valence-corrected chi connectivity index (χ0v) is 12.8. The second-order valence-corrected chi connectivity index (χ2v) is 7.66. The summed E-state index contributed by atoms with van der Waals surface area (Å²) in [5.41, 5.74) is 0.993. The number of rotatable bonds is 3. The lowest BCUT2D eigenvalue weighted by Crippen LogP contribution is -2.55. The maximum atomic E-state index is 12.5. The molecule has 0 saturated carbocycles. The first-order chi connectivity index (χ1) is 9.97. The first-order valence-electron chi connectivity index (χ1n) is 7.13. The number of hydrogen-bond acceptors (Lipinski definition) is 4. The van der Waals surface area contributed by atoms with Crippen LogP contribution in [-0.2, 0) is 14.8 Å². The van der Waals surface area contributed by atoms with E-state index < -0.39 is 16.1 Å². The van der Waals surface area contributed by atoms with Crippen molar-refractivity contribution in [2.75, 3.05) is 25.9 Å². The molecule has 0 N–H and O–H groups in total. The van der Waals surface area contributed by atoms with Gasteiger partial charge in [0.25, 0.3) is 0 Å². The fourth-order valence-corrected chi connectivity index (χ4v) is 4.18. The van der Waals surface area contributed by atoms with Crippen LogP contribution in [-0.4, -0.2) is 60.4 Å². The highest BCUT2D eigenvalue weighted by atomic mass is 32.2. The van der Waals surface area contributed by atoms with Gasteiger partial charge in [0.2, 0.25) is 15.9 Å². The number of pyridine rings is 1. The number of aromatic nitrogens is 1. The van der Waals surface area contributed by atoms with Crippen LogP contribution < -0.4 is 0 Å². The van der Waals surface area contributed by atoms with Crippen molar-refractivity contribution in [3.8, 4) is 0 Å². The summed E-state index contributed by atoms with van der Waals surface area (Å²) >= 11 is 0. The van der Waals surface area contributed by atoms with Gasteiger partial charge >= 0.3 is 0 Å². The second-order valence-electron chi connectivity index (χ2n) is 5.73. The average Bonchev–Trinajstić information content (AvgIpc) is 2.87. The number of hydrogen-bond donors (Lipinski definition) is 0. The predicted octanol–water partition coefficient (Wildman–Crippen LogP) is 0.431. The largest absolute Gasteiger partial charge is 0.340 e. The van der Waals surface area contributed by atoms with Gasteiger partial charge in [0.15, 0.2) is 0 Å². The smallest absolute Gasteiger partial charge is 0.241 e. The maximum absolute atomic E-state index is 12.5. The molecule has 2 fully saturated rings. The molecule has 0 aromatic carbocycles. The zero-order chi connectivity index (χ0) is 15.0. The van der Waals surface area contributed by atoms with Crippen molar-refractivity contribution in [2.24, 2.45) is 0 Å². The van der Waals surface area contributed by atoms with Gasteiger partial charge in [0.05, 0.1) is 6.26 Å². The maximum Gasteiger partial charge on any atom is 0.241 e. The molecule has 3 rings (SSSR count). The molecule has 0 spiro atoms. The summed E-state index contributed by atoms with van der Waals surface area (Å²) in [6, 6.07) is 5.26. The molecule has 114 valence electrons. The first kappa shape index (κ1) is 14.5. The first-order valence-corrected chi connectivity index (χ1v) is 8.98. The normalized spacial score (nSPS) is 24.0. The molecule has 0 bridgehead atoms. The van der Waals surface area contributed by atoms with Gasteiger partial charge in [0.1, 0.15) is 6.04 Å². The summed E-state index contributed by atoms with van der Waals surface area (Å²) < 4.78 is 24.8. The van der Waals surface area contributed by atoms with Gasteiger partial charge in [-0.15, -0.1) is 0 Å². The van der Waals surface area contributed by atoms with Crippen LogP contribution in [0.2, 0.25) is 0 Å². The molecular formula is C14H19N3O3S. The molecule has 1 atom stereocenters. The van der Waals surface area contributed by atoms with E-state index in [1.54, 1.807) is 11.1 Å². The molecule has 21 heavy (non-hydrogen) atoms. The molecular weight excluding hydrogens is 290 g/mol. The van der Waals surface area contributed by atoms with Crippen molar-refractivity contribution in [2.45, 2.75) is 24.8 Å². The van der Waals surface area contributed by atoms with Gasteiger partial charge in [-0.1, -0.05) is 6.07 Å². The lowest BCUT2D eigenvalue weighted by Gasteiger charge is -2.41. The highest BCUT2D eigenvalue weighted by molar-refractivity contribution is 7.88. The van der Waals surface area contributed by atoms with E-state index in [1.165, 1.54) is 10.6 Å². The monoisotopic (exact) mass is 309 g/mol. The van der Waals surface area contributed by atoms with Crippen molar-refractivity contribution in [1.29, 1.82) is 0 Å². The summed E-state index contributed by atoms with van der Waals surface area (Å²) in [5, 5.41) is 0. The van der Waals surface area contributed by atoms with Gasteiger partial charge in [0, 0.05) is 37.4 Å². The number of likely N-dealkylation sites (tertiary alicyclic amines) is 1. The molecule has 2 saturated heterocycles. The summed E-state index contributed by atoms with van der Waals surface area (Å²) in [6.07, 6.45) is 4.30. The minimum absolute atomic E-state index is 0.0647. The van der Waals surface area contributed by atoms with Crippen LogP contribution in [0, 0.1) is 0 Å². The predicted molar refractivity (Wildman–Crippen MR) is 78.1 cm³/mol. The molecule has 0 unspecified atom stereocenters. The van der Waals surface area contributed by atoms with Gasteiger partial charge < -0.3 is 4.90 Å². The lowest BCUT2D eigenvalue weighted by atomic mass is 9.94. The number of nitrogens with zero attached hydrogens (tertiary/aromatic N) is 3. The molecule has 6 nitrogen and oxygen atoms in total. The third kappa shape index (κ3) is 2.80. The van der Waals surface area contributed by atoms with E-state index in [1.807, 2.05) is 18.2 Å². The van der Waals surface area contributed by atoms with Crippen LogP contribution in [0.3, 0.4) is 0 Å². The minimum Gasteiger partial charge on any atom is -0.340 e. The number of carbonyl (C=O) groups excluding carboxylic acids is 1. The van der Waals surface area contributed by atoms with Gasteiger partial charge in [-0.05, 0) is 25.0 Å². The minimum atomic E-state index is -3.31. The van der Waals surface area contributed by atoms with E-state index in [0.29, 0.717) is 26.1 Å². The Balaban J connectivity index is 1.63. The summed E-state index contributed by atoms with van der Waals surface area (Å²) in [5.74, 6) is 0.202. The van der Waals surface area contributed by atoms with Crippen molar-refractivity contribution in [1.82, 2.24) is 14.2 Å². The Morgan fingerprint density at radius 2 is 2.10 bits per heavy atom. The molecule has 1 aromatic heterocycles.